The van der Waals surface area contributed by atoms with Crippen LogP contribution in [-0.2, 0) is 11.3 Å². The van der Waals surface area contributed by atoms with Gasteiger partial charge in [0, 0.05) is 12.2 Å². The molecule has 3 nitrogen and oxygen atoms in total. The van der Waals surface area contributed by atoms with E-state index in [0.29, 0.717) is 11.5 Å². The van der Waals surface area contributed by atoms with E-state index in [-0.39, 0.29) is 5.97 Å². The lowest BCUT2D eigenvalue weighted by molar-refractivity contribution is 0.0600. The number of rotatable bonds is 5. The monoisotopic (exact) mass is 283 g/mol. The number of ether oxygens (including phenoxy) is 1. The average Bonchev–Trinajstić information content (AvgIpc) is 2.52. The fourth-order valence-corrected chi connectivity index (χ4v) is 2.24. The zero-order valence-corrected chi connectivity index (χ0v) is 12.7. The summed E-state index contributed by atoms with van der Waals surface area (Å²) < 4.78 is 4.69. The van der Waals surface area contributed by atoms with E-state index in [4.69, 9.17) is 4.74 Å². The molecule has 0 heterocycles. The lowest BCUT2D eigenvalue weighted by atomic mass is 10.0. The number of methoxy groups -OCH3 is 1. The Balaban J connectivity index is 2.05. The van der Waals surface area contributed by atoms with Crippen LogP contribution in [0.2, 0.25) is 0 Å². The predicted molar refractivity (Wildman–Crippen MR) is 85.6 cm³/mol. The Labute approximate surface area is 126 Å². The molecule has 0 unspecified atom stereocenters. The van der Waals surface area contributed by atoms with Gasteiger partial charge in [-0.25, -0.2) is 4.79 Å². The molecule has 2 aromatic carbocycles. The molecule has 2 aromatic rings. The maximum Gasteiger partial charge on any atom is 0.337 e. The molecule has 1 N–H and O–H groups in total. The number of para-hydroxylation sites is 1. The lowest BCUT2D eigenvalue weighted by Crippen LogP contribution is -2.04. The van der Waals surface area contributed by atoms with Gasteiger partial charge in [0.25, 0.3) is 0 Å². The van der Waals surface area contributed by atoms with Gasteiger partial charge in [-0.05, 0) is 35.2 Å². The summed E-state index contributed by atoms with van der Waals surface area (Å²) in [7, 11) is 1.39. The van der Waals surface area contributed by atoms with Crippen molar-refractivity contribution in [3.63, 3.8) is 0 Å². The zero-order valence-electron chi connectivity index (χ0n) is 12.7. The highest BCUT2D eigenvalue weighted by Crippen LogP contribution is 2.24. The topological polar surface area (TPSA) is 38.3 Å². The van der Waals surface area contributed by atoms with Crippen LogP contribution in [0.5, 0.6) is 0 Å². The van der Waals surface area contributed by atoms with Gasteiger partial charge in [0.1, 0.15) is 0 Å². The Bertz CT molecular complexity index is 603. The third kappa shape index (κ3) is 3.85. The van der Waals surface area contributed by atoms with E-state index in [1.54, 1.807) is 12.1 Å². The van der Waals surface area contributed by atoms with Crippen LogP contribution in [-0.4, -0.2) is 13.1 Å². The average molecular weight is 283 g/mol. The Kier molecular flexibility index (Phi) is 4.99. The van der Waals surface area contributed by atoms with Crippen molar-refractivity contribution in [2.75, 3.05) is 12.4 Å². The summed E-state index contributed by atoms with van der Waals surface area (Å²) in [6.45, 7) is 5.10. The van der Waals surface area contributed by atoms with Crippen LogP contribution in [0, 0.1) is 0 Å². The van der Waals surface area contributed by atoms with Crippen molar-refractivity contribution in [2.45, 2.75) is 26.3 Å². The number of esters is 1. The fourth-order valence-electron chi connectivity index (χ4n) is 2.24. The van der Waals surface area contributed by atoms with E-state index in [0.717, 1.165) is 17.8 Å². The van der Waals surface area contributed by atoms with Crippen LogP contribution in [0.4, 0.5) is 5.69 Å². The van der Waals surface area contributed by atoms with Crippen molar-refractivity contribution in [1.29, 1.82) is 0 Å². The Morgan fingerprint density at radius 2 is 1.76 bits per heavy atom. The van der Waals surface area contributed by atoms with Crippen LogP contribution >= 0.6 is 0 Å². The Hall–Kier alpha value is -2.29. The molecule has 0 bridgehead atoms. The minimum Gasteiger partial charge on any atom is -0.465 e. The van der Waals surface area contributed by atoms with Crippen molar-refractivity contribution < 1.29 is 9.53 Å². The van der Waals surface area contributed by atoms with Gasteiger partial charge in [-0.2, -0.15) is 0 Å². The quantitative estimate of drug-likeness (QED) is 0.835. The summed E-state index contributed by atoms with van der Waals surface area (Å²) in [5.74, 6) is 0.176. The SMILES string of the molecule is COC(=O)c1ccc(CNc2ccccc2C(C)C)cc1. The molecular formula is C18H21NO2. The summed E-state index contributed by atoms with van der Waals surface area (Å²) >= 11 is 0. The van der Waals surface area contributed by atoms with E-state index in [1.165, 1.54) is 12.7 Å². The lowest BCUT2D eigenvalue weighted by Gasteiger charge is -2.14. The van der Waals surface area contributed by atoms with E-state index in [2.05, 4.69) is 37.4 Å². The molecule has 2 rings (SSSR count). The Morgan fingerprint density at radius 1 is 1.10 bits per heavy atom. The van der Waals surface area contributed by atoms with Gasteiger partial charge in [0.15, 0.2) is 0 Å². The molecule has 0 saturated heterocycles. The molecule has 0 atom stereocenters. The molecule has 0 aliphatic rings. The normalized spacial score (nSPS) is 10.5. The molecule has 0 amide bonds. The fraction of sp³-hybridized carbons (Fsp3) is 0.278. The third-order valence-electron chi connectivity index (χ3n) is 3.44. The summed E-state index contributed by atoms with van der Waals surface area (Å²) in [4.78, 5) is 11.4. The number of carbonyl (C=O) groups excluding carboxylic acids is 1. The summed E-state index contributed by atoms with van der Waals surface area (Å²) in [6, 6.07) is 15.8. The van der Waals surface area contributed by atoms with Crippen LogP contribution in [0.25, 0.3) is 0 Å². The number of hydrogen-bond acceptors (Lipinski definition) is 3. The third-order valence-corrected chi connectivity index (χ3v) is 3.44. The van der Waals surface area contributed by atoms with Crippen molar-refractivity contribution in [3.05, 3.63) is 65.2 Å². The standard InChI is InChI=1S/C18H21NO2/c1-13(2)16-6-4-5-7-17(16)19-12-14-8-10-15(11-9-14)18(20)21-3/h4-11,13,19H,12H2,1-3H3. The first-order valence-corrected chi connectivity index (χ1v) is 7.12. The number of anilines is 1. The van der Waals surface area contributed by atoms with E-state index >= 15 is 0 Å². The summed E-state index contributed by atoms with van der Waals surface area (Å²) in [5, 5.41) is 3.46. The second-order valence-corrected chi connectivity index (χ2v) is 5.28. The maximum atomic E-state index is 11.4. The predicted octanol–water partition coefficient (Wildman–Crippen LogP) is 4.21. The second-order valence-electron chi connectivity index (χ2n) is 5.28. The van der Waals surface area contributed by atoms with Gasteiger partial charge in [0.05, 0.1) is 12.7 Å². The van der Waals surface area contributed by atoms with Gasteiger partial charge >= 0.3 is 5.97 Å². The highest BCUT2D eigenvalue weighted by atomic mass is 16.5. The highest BCUT2D eigenvalue weighted by molar-refractivity contribution is 5.89. The molecule has 3 heteroatoms. The number of carbonyl (C=O) groups is 1. The van der Waals surface area contributed by atoms with Crippen LogP contribution in [0.1, 0.15) is 41.3 Å². The molecule has 0 spiro atoms. The van der Waals surface area contributed by atoms with Gasteiger partial charge in [-0.3, -0.25) is 0 Å². The van der Waals surface area contributed by atoms with Crippen molar-refractivity contribution in [2.24, 2.45) is 0 Å². The molecule has 0 aliphatic carbocycles. The van der Waals surface area contributed by atoms with Crippen LogP contribution in [0.15, 0.2) is 48.5 Å². The minimum atomic E-state index is -0.306. The Morgan fingerprint density at radius 3 is 2.38 bits per heavy atom. The number of hydrogen-bond donors (Lipinski definition) is 1. The summed E-state index contributed by atoms with van der Waals surface area (Å²) in [6.07, 6.45) is 0. The first-order valence-electron chi connectivity index (χ1n) is 7.12. The largest absolute Gasteiger partial charge is 0.465 e. The molecule has 0 fully saturated rings. The zero-order chi connectivity index (χ0) is 15.2. The number of nitrogens with one attached hydrogen (secondary N) is 1. The molecule has 110 valence electrons. The highest BCUT2D eigenvalue weighted by Gasteiger charge is 2.06. The molecule has 0 aromatic heterocycles. The second kappa shape index (κ2) is 6.93. The molecular weight excluding hydrogens is 262 g/mol. The van der Waals surface area contributed by atoms with Gasteiger partial charge < -0.3 is 10.1 Å². The number of benzene rings is 2. The first kappa shape index (κ1) is 15.1. The molecule has 0 radical (unpaired) electrons. The smallest absolute Gasteiger partial charge is 0.337 e. The van der Waals surface area contributed by atoms with Crippen LogP contribution in [0.3, 0.4) is 0 Å². The van der Waals surface area contributed by atoms with E-state index < -0.39 is 0 Å². The maximum absolute atomic E-state index is 11.4. The van der Waals surface area contributed by atoms with Gasteiger partial charge in [0.2, 0.25) is 0 Å². The van der Waals surface area contributed by atoms with Gasteiger partial charge in [-0.1, -0.05) is 44.2 Å². The summed E-state index contributed by atoms with van der Waals surface area (Å²) in [5.41, 5.74) is 4.17. The minimum absolute atomic E-state index is 0.306. The molecule has 0 saturated carbocycles. The first-order chi connectivity index (χ1) is 10.1. The molecule has 21 heavy (non-hydrogen) atoms. The van der Waals surface area contributed by atoms with Crippen molar-refractivity contribution >= 4 is 11.7 Å². The van der Waals surface area contributed by atoms with Gasteiger partial charge in [-0.15, -0.1) is 0 Å². The van der Waals surface area contributed by atoms with Crippen molar-refractivity contribution in [1.82, 2.24) is 0 Å². The van der Waals surface area contributed by atoms with Crippen molar-refractivity contribution in [3.8, 4) is 0 Å². The molecule has 0 aliphatic heterocycles. The van der Waals surface area contributed by atoms with E-state index in [1.807, 2.05) is 18.2 Å². The van der Waals surface area contributed by atoms with E-state index in [9.17, 15) is 4.79 Å². The van der Waals surface area contributed by atoms with Crippen LogP contribution < -0.4 is 5.32 Å².